The zero-order valence-corrected chi connectivity index (χ0v) is 19.9. The number of hydrogen-bond donors (Lipinski definition) is 0. The quantitative estimate of drug-likeness (QED) is 0.0973. The summed E-state index contributed by atoms with van der Waals surface area (Å²) < 4.78 is 9.83. The van der Waals surface area contributed by atoms with Gasteiger partial charge in [-0.15, -0.1) is 5.92 Å². The van der Waals surface area contributed by atoms with Crippen LogP contribution in [0.3, 0.4) is 0 Å². The Balaban J connectivity index is 3.64. The summed E-state index contributed by atoms with van der Waals surface area (Å²) in [7, 11) is 0. The van der Waals surface area contributed by atoms with E-state index in [2.05, 4.69) is 18.8 Å². The smallest absolute Gasteiger partial charge is 0.332 e. The number of hydrogen-bond acceptors (Lipinski definition) is 4. The molecule has 0 aliphatic heterocycles. The van der Waals surface area contributed by atoms with Crippen LogP contribution < -0.4 is 0 Å². The fourth-order valence-corrected chi connectivity index (χ4v) is 3.42. The molecule has 0 unspecified atom stereocenters. The maximum atomic E-state index is 11.8. The Labute approximate surface area is 185 Å². The van der Waals surface area contributed by atoms with Crippen LogP contribution in [0.5, 0.6) is 0 Å². The molecule has 0 aromatic rings. The highest BCUT2D eigenvalue weighted by Gasteiger charge is 2.27. The molecule has 0 spiro atoms. The van der Waals surface area contributed by atoms with E-state index in [9.17, 15) is 9.59 Å². The number of carbonyl (C=O) groups excluding carboxylic acids is 2. The molecule has 30 heavy (non-hydrogen) atoms. The van der Waals surface area contributed by atoms with E-state index in [4.69, 9.17) is 9.47 Å². The van der Waals surface area contributed by atoms with Gasteiger partial charge in [0.15, 0.2) is 0 Å². The number of rotatable bonds is 19. The minimum atomic E-state index is -1.11. The minimum absolute atomic E-state index is 0.232. The molecule has 4 nitrogen and oxygen atoms in total. The minimum Gasteiger partial charge on any atom is -0.465 e. The van der Waals surface area contributed by atoms with Crippen LogP contribution in [-0.4, -0.2) is 25.2 Å². The van der Waals surface area contributed by atoms with Gasteiger partial charge >= 0.3 is 11.9 Å². The van der Waals surface area contributed by atoms with Crippen molar-refractivity contribution in [1.29, 1.82) is 0 Å². The first-order valence-corrected chi connectivity index (χ1v) is 12.5. The van der Waals surface area contributed by atoms with Crippen molar-refractivity contribution in [2.75, 3.05) is 13.2 Å². The van der Waals surface area contributed by atoms with E-state index in [0.29, 0.717) is 6.42 Å². The van der Waals surface area contributed by atoms with Crippen molar-refractivity contribution < 1.29 is 19.1 Å². The molecule has 0 saturated heterocycles. The van der Waals surface area contributed by atoms with Crippen molar-refractivity contribution in [2.24, 2.45) is 5.92 Å². The van der Waals surface area contributed by atoms with E-state index < -0.39 is 17.9 Å². The van der Waals surface area contributed by atoms with Crippen LogP contribution in [0.15, 0.2) is 0 Å². The molecule has 174 valence electrons. The average molecular weight is 423 g/mol. The zero-order chi connectivity index (χ0) is 22.3. The van der Waals surface area contributed by atoms with E-state index >= 15 is 0 Å². The molecule has 4 heteroatoms. The molecule has 0 aliphatic carbocycles. The highest BCUT2D eigenvalue weighted by Crippen LogP contribution is 2.13. The molecule has 0 fully saturated rings. The lowest BCUT2D eigenvalue weighted by Gasteiger charge is -2.08. The van der Waals surface area contributed by atoms with Crippen LogP contribution >= 0.6 is 0 Å². The van der Waals surface area contributed by atoms with Gasteiger partial charge in [0.05, 0.1) is 13.2 Å². The molecule has 0 bridgehead atoms. The predicted molar refractivity (Wildman–Crippen MR) is 124 cm³/mol. The van der Waals surface area contributed by atoms with Gasteiger partial charge in [-0.3, -0.25) is 9.59 Å². The Morgan fingerprint density at radius 1 is 0.600 bits per heavy atom. The molecule has 0 amide bonds. The van der Waals surface area contributed by atoms with Crippen LogP contribution in [0.4, 0.5) is 0 Å². The first-order chi connectivity index (χ1) is 14.7. The molecule has 0 radical (unpaired) electrons. The van der Waals surface area contributed by atoms with Crippen molar-refractivity contribution in [3.8, 4) is 11.8 Å². The molecule has 0 N–H and O–H groups in total. The molecular formula is C26H46O4. The third kappa shape index (κ3) is 17.4. The van der Waals surface area contributed by atoms with Crippen LogP contribution in [0.25, 0.3) is 0 Å². The Bertz CT molecular complexity index is 457. The van der Waals surface area contributed by atoms with Crippen molar-refractivity contribution in [3.63, 3.8) is 0 Å². The van der Waals surface area contributed by atoms with E-state index in [1.807, 2.05) is 0 Å². The Hall–Kier alpha value is -1.50. The first kappa shape index (κ1) is 28.5. The third-order valence-electron chi connectivity index (χ3n) is 5.20. The fourth-order valence-electron chi connectivity index (χ4n) is 3.42. The summed E-state index contributed by atoms with van der Waals surface area (Å²) in [5.41, 5.74) is 0. The molecule has 0 rings (SSSR count). The van der Waals surface area contributed by atoms with Gasteiger partial charge < -0.3 is 9.47 Å². The van der Waals surface area contributed by atoms with Gasteiger partial charge in [-0.2, -0.15) is 0 Å². The Morgan fingerprint density at radius 3 is 1.33 bits per heavy atom. The normalized spacial score (nSPS) is 10.5. The van der Waals surface area contributed by atoms with Crippen molar-refractivity contribution in [2.45, 2.75) is 124 Å². The van der Waals surface area contributed by atoms with E-state index in [0.717, 1.165) is 12.8 Å². The Kier molecular flexibility index (Phi) is 21.1. The summed E-state index contributed by atoms with van der Waals surface area (Å²) >= 11 is 0. The van der Waals surface area contributed by atoms with Crippen LogP contribution in [0.1, 0.15) is 124 Å². The second-order valence-corrected chi connectivity index (χ2v) is 7.96. The van der Waals surface area contributed by atoms with Gasteiger partial charge in [-0.25, -0.2) is 0 Å². The lowest BCUT2D eigenvalue weighted by atomic mass is 10.0. The maximum absolute atomic E-state index is 11.8. The number of esters is 2. The first-order valence-electron chi connectivity index (χ1n) is 12.5. The summed E-state index contributed by atoms with van der Waals surface area (Å²) in [6.07, 6.45) is 20.6. The summed E-state index contributed by atoms with van der Waals surface area (Å²) in [6.45, 7) is 6.16. The topological polar surface area (TPSA) is 52.6 Å². The van der Waals surface area contributed by atoms with Gasteiger partial charge in [0, 0.05) is 6.42 Å². The average Bonchev–Trinajstić information content (AvgIpc) is 2.73. The number of unbranched alkanes of at least 4 members (excludes halogenated alkanes) is 15. The highest BCUT2D eigenvalue weighted by atomic mass is 16.6. The molecule has 0 atom stereocenters. The van der Waals surface area contributed by atoms with Crippen LogP contribution in [0.2, 0.25) is 0 Å². The van der Waals surface area contributed by atoms with Gasteiger partial charge in [0.25, 0.3) is 0 Å². The van der Waals surface area contributed by atoms with Crippen molar-refractivity contribution >= 4 is 11.9 Å². The third-order valence-corrected chi connectivity index (χ3v) is 5.20. The van der Waals surface area contributed by atoms with E-state index in [-0.39, 0.29) is 13.2 Å². The van der Waals surface area contributed by atoms with Gasteiger partial charge in [-0.05, 0) is 20.3 Å². The summed E-state index contributed by atoms with van der Waals surface area (Å²) in [4.78, 5) is 23.7. The van der Waals surface area contributed by atoms with E-state index in [1.54, 1.807) is 13.8 Å². The monoisotopic (exact) mass is 422 g/mol. The Morgan fingerprint density at radius 2 is 0.967 bits per heavy atom. The molecule has 0 aliphatic rings. The highest BCUT2D eigenvalue weighted by molar-refractivity contribution is 5.98. The lowest BCUT2D eigenvalue weighted by molar-refractivity contribution is -0.158. The largest absolute Gasteiger partial charge is 0.465 e. The molecule has 0 aromatic carbocycles. The van der Waals surface area contributed by atoms with Gasteiger partial charge in [-0.1, -0.05) is 103 Å². The zero-order valence-electron chi connectivity index (χ0n) is 19.9. The van der Waals surface area contributed by atoms with Crippen molar-refractivity contribution in [1.82, 2.24) is 0 Å². The summed E-state index contributed by atoms with van der Waals surface area (Å²) in [5.74, 6) is 3.37. The second kappa shape index (κ2) is 22.2. The molecule has 0 saturated carbocycles. The van der Waals surface area contributed by atoms with Crippen LogP contribution in [0, 0.1) is 17.8 Å². The second-order valence-electron chi connectivity index (χ2n) is 7.96. The number of carbonyl (C=O) groups is 2. The SMILES string of the molecule is CCCCCCCCCCCCCCCCCC#CC(C(=O)OCC)C(=O)OCC. The summed E-state index contributed by atoms with van der Waals surface area (Å²) in [6, 6.07) is 0. The molecule has 0 heterocycles. The van der Waals surface area contributed by atoms with E-state index in [1.165, 1.54) is 83.5 Å². The van der Waals surface area contributed by atoms with Gasteiger partial charge in [0.1, 0.15) is 0 Å². The number of ether oxygens (including phenoxy) is 2. The predicted octanol–water partition coefficient (Wildman–Crippen LogP) is 6.99. The fraction of sp³-hybridized carbons (Fsp3) is 0.846. The molecule has 0 aromatic heterocycles. The van der Waals surface area contributed by atoms with Crippen LogP contribution in [-0.2, 0) is 19.1 Å². The standard InChI is InChI=1S/C26H46O4/c1-4-7-8-9-10-11-12-13-14-15-16-17-18-19-20-21-22-23-24(25(27)29-5-2)26(28)30-6-3/h24H,4-21H2,1-3H3. The summed E-state index contributed by atoms with van der Waals surface area (Å²) in [5, 5.41) is 0. The molecular weight excluding hydrogens is 376 g/mol. The maximum Gasteiger partial charge on any atom is 0.332 e. The lowest BCUT2D eigenvalue weighted by Crippen LogP contribution is -2.26. The van der Waals surface area contributed by atoms with Crippen molar-refractivity contribution in [3.05, 3.63) is 0 Å². The van der Waals surface area contributed by atoms with Gasteiger partial charge in [0.2, 0.25) is 5.92 Å².